The van der Waals surface area contributed by atoms with Crippen molar-refractivity contribution in [1.82, 2.24) is 25.3 Å². The number of rotatable bonds is 10. The Hall–Kier alpha value is -5.22. The van der Waals surface area contributed by atoms with Crippen LogP contribution in [0, 0.1) is 23.0 Å². The molecule has 0 bridgehead atoms. The molecule has 13 heteroatoms. The molecule has 1 atom stereocenters. The lowest BCUT2D eigenvalue weighted by atomic mass is 10.1. The fourth-order valence-corrected chi connectivity index (χ4v) is 3.62. The SMILES string of the molecule is C[C@H](NC(=O)c1nc(C#N)cnc1NCc1ccc(-c2cnc(N)c(OCCN)n2)cc1)c1ccc(F)c(F)c1. The van der Waals surface area contributed by atoms with Crippen molar-refractivity contribution in [3.8, 4) is 23.2 Å². The molecule has 11 nitrogen and oxygen atoms in total. The Bertz CT molecular complexity index is 1560. The van der Waals surface area contributed by atoms with E-state index in [1.54, 1.807) is 6.92 Å². The minimum Gasteiger partial charge on any atom is -0.474 e. The molecule has 0 aliphatic carbocycles. The lowest BCUT2D eigenvalue weighted by Crippen LogP contribution is -2.29. The number of carbonyl (C=O) groups is 1. The van der Waals surface area contributed by atoms with Crippen LogP contribution >= 0.6 is 0 Å². The van der Waals surface area contributed by atoms with Gasteiger partial charge in [0.1, 0.15) is 12.7 Å². The van der Waals surface area contributed by atoms with Crippen molar-refractivity contribution < 1.29 is 18.3 Å². The summed E-state index contributed by atoms with van der Waals surface area (Å²) in [6.45, 7) is 2.46. The molecule has 204 valence electrons. The molecule has 2 heterocycles. The average molecular weight is 546 g/mol. The number of nitrogen functional groups attached to an aromatic ring is 1. The van der Waals surface area contributed by atoms with Crippen molar-refractivity contribution in [1.29, 1.82) is 5.26 Å². The summed E-state index contributed by atoms with van der Waals surface area (Å²) in [5, 5.41) is 15.0. The Morgan fingerprint density at radius 1 is 1.10 bits per heavy atom. The molecule has 0 unspecified atom stereocenters. The van der Waals surface area contributed by atoms with E-state index in [1.165, 1.54) is 18.5 Å². The van der Waals surface area contributed by atoms with Gasteiger partial charge in [0, 0.05) is 18.7 Å². The number of aromatic nitrogens is 4. The first-order chi connectivity index (χ1) is 19.3. The van der Waals surface area contributed by atoms with Crippen LogP contribution in [-0.4, -0.2) is 39.0 Å². The number of nitriles is 1. The van der Waals surface area contributed by atoms with Crippen LogP contribution < -0.4 is 26.8 Å². The Morgan fingerprint density at radius 2 is 1.88 bits per heavy atom. The van der Waals surface area contributed by atoms with Gasteiger partial charge in [-0.15, -0.1) is 0 Å². The first-order valence-corrected chi connectivity index (χ1v) is 12.1. The highest BCUT2D eigenvalue weighted by atomic mass is 19.2. The smallest absolute Gasteiger partial charge is 0.274 e. The number of hydrogen-bond donors (Lipinski definition) is 4. The van der Waals surface area contributed by atoms with Gasteiger partial charge in [0.25, 0.3) is 11.8 Å². The normalized spacial score (nSPS) is 11.4. The first-order valence-electron chi connectivity index (χ1n) is 12.1. The Morgan fingerprint density at radius 3 is 2.58 bits per heavy atom. The molecule has 40 heavy (non-hydrogen) atoms. The number of benzene rings is 2. The van der Waals surface area contributed by atoms with Gasteiger partial charge >= 0.3 is 0 Å². The van der Waals surface area contributed by atoms with Gasteiger partial charge in [0.2, 0.25) is 0 Å². The molecule has 2 aromatic heterocycles. The molecule has 4 rings (SSSR count). The summed E-state index contributed by atoms with van der Waals surface area (Å²) < 4.78 is 32.4. The van der Waals surface area contributed by atoms with Crippen molar-refractivity contribution in [3.05, 3.63) is 89.0 Å². The second-order valence-electron chi connectivity index (χ2n) is 8.57. The lowest BCUT2D eigenvalue weighted by Gasteiger charge is -2.16. The van der Waals surface area contributed by atoms with E-state index in [1.807, 2.05) is 30.3 Å². The minimum atomic E-state index is -1.03. The van der Waals surface area contributed by atoms with Gasteiger partial charge < -0.3 is 26.8 Å². The number of nitrogens with one attached hydrogen (secondary N) is 2. The largest absolute Gasteiger partial charge is 0.474 e. The van der Waals surface area contributed by atoms with Gasteiger partial charge in [-0.2, -0.15) is 5.26 Å². The second kappa shape index (κ2) is 12.5. The third-order valence-corrected chi connectivity index (χ3v) is 5.73. The van der Waals surface area contributed by atoms with Gasteiger partial charge in [0.05, 0.1) is 24.1 Å². The first kappa shape index (κ1) is 27.8. The average Bonchev–Trinajstić information content (AvgIpc) is 2.97. The van der Waals surface area contributed by atoms with Crippen LogP contribution in [0.2, 0.25) is 0 Å². The molecular formula is C27H25F2N9O2. The molecule has 0 aliphatic rings. The van der Waals surface area contributed by atoms with Crippen LogP contribution in [0.15, 0.2) is 54.9 Å². The van der Waals surface area contributed by atoms with Crippen molar-refractivity contribution in [2.24, 2.45) is 5.73 Å². The number of ether oxygens (including phenoxy) is 1. The molecule has 0 radical (unpaired) electrons. The molecule has 6 N–H and O–H groups in total. The van der Waals surface area contributed by atoms with Gasteiger partial charge in [-0.05, 0) is 30.2 Å². The molecule has 0 fully saturated rings. The summed E-state index contributed by atoms with van der Waals surface area (Å²) in [7, 11) is 0. The van der Waals surface area contributed by atoms with Gasteiger partial charge in [-0.3, -0.25) is 4.79 Å². The van der Waals surface area contributed by atoms with E-state index in [4.69, 9.17) is 16.2 Å². The third-order valence-electron chi connectivity index (χ3n) is 5.73. The van der Waals surface area contributed by atoms with Crippen molar-refractivity contribution >= 4 is 17.5 Å². The summed E-state index contributed by atoms with van der Waals surface area (Å²) in [5.74, 6) is -2.14. The molecule has 1 amide bonds. The number of halogens is 2. The van der Waals surface area contributed by atoms with Crippen LogP contribution in [0.1, 0.15) is 40.3 Å². The Kier molecular flexibility index (Phi) is 8.72. The molecular weight excluding hydrogens is 520 g/mol. The maximum absolute atomic E-state index is 13.6. The van der Waals surface area contributed by atoms with E-state index in [0.717, 1.165) is 23.3 Å². The monoisotopic (exact) mass is 545 g/mol. The summed E-state index contributed by atoms with van der Waals surface area (Å²) in [6, 6.07) is 11.9. The number of carbonyl (C=O) groups excluding carboxylic acids is 1. The molecule has 0 saturated heterocycles. The fourth-order valence-electron chi connectivity index (χ4n) is 3.62. The van der Waals surface area contributed by atoms with E-state index >= 15 is 0 Å². The molecule has 4 aromatic rings. The summed E-state index contributed by atoms with van der Waals surface area (Å²) in [6.07, 6.45) is 2.78. The number of nitrogens with two attached hydrogens (primary N) is 2. The van der Waals surface area contributed by atoms with Crippen molar-refractivity contribution in [3.63, 3.8) is 0 Å². The molecule has 0 aliphatic heterocycles. The second-order valence-corrected chi connectivity index (χ2v) is 8.57. The van der Waals surface area contributed by atoms with E-state index < -0.39 is 23.6 Å². The minimum absolute atomic E-state index is 0.0556. The van der Waals surface area contributed by atoms with E-state index in [-0.39, 0.29) is 42.1 Å². The lowest BCUT2D eigenvalue weighted by molar-refractivity contribution is 0.0935. The van der Waals surface area contributed by atoms with E-state index in [9.17, 15) is 18.8 Å². The molecule has 0 saturated carbocycles. The maximum Gasteiger partial charge on any atom is 0.274 e. The van der Waals surface area contributed by atoms with Crippen molar-refractivity contribution in [2.45, 2.75) is 19.5 Å². The van der Waals surface area contributed by atoms with Crippen LogP contribution in [-0.2, 0) is 6.54 Å². The summed E-state index contributed by atoms with van der Waals surface area (Å²) in [4.78, 5) is 29.8. The van der Waals surface area contributed by atoms with Crippen LogP contribution in [0.4, 0.5) is 20.4 Å². The fraction of sp³-hybridized carbons (Fsp3) is 0.185. The Balaban J connectivity index is 1.47. The van der Waals surface area contributed by atoms with Gasteiger partial charge in [-0.25, -0.2) is 28.7 Å². The predicted octanol–water partition coefficient (Wildman–Crippen LogP) is 3.11. The van der Waals surface area contributed by atoms with Gasteiger partial charge in [-0.1, -0.05) is 30.3 Å². The van der Waals surface area contributed by atoms with Crippen LogP contribution in [0.5, 0.6) is 5.88 Å². The van der Waals surface area contributed by atoms with E-state index in [2.05, 4.69) is 30.6 Å². The van der Waals surface area contributed by atoms with Crippen LogP contribution in [0.3, 0.4) is 0 Å². The maximum atomic E-state index is 13.6. The zero-order valence-electron chi connectivity index (χ0n) is 21.4. The zero-order valence-corrected chi connectivity index (χ0v) is 21.4. The number of nitrogens with zero attached hydrogens (tertiary/aromatic N) is 5. The quantitative estimate of drug-likeness (QED) is 0.231. The van der Waals surface area contributed by atoms with Crippen LogP contribution in [0.25, 0.3) is 11.3 Å². The summed E-state index contributed by atoms with van der Waals surface area (Å²) >= 11 is 0. The molecule has 0 spiro atoms. The highest BCUT2D eigenvalue weighted by molar-refractivity contribution is 5.97. The number of anilines is 2. The highest BCUT2D eigenvalue weighted by Crippen LogP contribution is 2.24. The topological polar surface area (TPSA) is 178 Å². The third kappa shape index (κ3) is 6.61. The van der Waals surface area contributed by atoms with Crippen molar-refractivity contribution in [2.75, 3.05) is 24.2 Å². The number of amides is 1. The van der Waals surface area contributed by atoms with Gasteiger partial charge in [0.15, 0.2) is 34.7 Å². The standard InChI is InChI=1S/C27H25F2N9O2/c1-15(18-6-7-20(28)21(29)10-18)36-26(39)23-25(35-13-19(11-31)37-23)34-12-16-2-4-17(5-3-16)22-14-33-24(32)27(38-22)40-9-8-30/h2-7,10,13-15H,8-9,12,30H2,1H3,(H2,32,33)(H,34,35)(H,36,39)/t15-/m0/s1. The Labute approximate surface area is 228 Å². The highest BCUT2D eigenvalue weighted by Gasteiger charge is 2.19. The zero-order chi connectivity index (χ0) is 28.6. The number of hydrogen-bond acceptors (Lipinski definition) is 10. The summed E-state index contributed by atoms with van der Waals surface area (Å²) in [5.41, 5.74) is 13.7. The van der Waals surface area contributed by atoms with E-state index in [0.29, 0.717) is 17.8 Å². The predicted molar refractivity (Wildman–Crippen MR) is 143 cm³/mol. The molecule has 2 aromatic carbocycles.